The van der Waals surface area contributed by atoms with E-state index in [4.69, 9.17) is 0 Å². The Morgan fingerprint density at radius 1 is 1.44 bits per heavy atom. The molecule has 3 nitrogen and oxygen atoms in total. The molecule has 1 aromatic carbocycles. The average Bonchev–Trinajstić information content (AvgIpc) is 2.38. The fourth-order valence-corrected chi connectivity index (χ4v) is 2.04. The van der Waals surface area contributed by atoms with E-state index in [-0.39, 0.29) is 5.82 Å². The summed E-state index contributed by atoms with van der Waals surface area (Å²) in [4.78, 5) is 11.5. The fourth-order valence-electron chi connectivity index (χ4n) is 1.55. The molecule has 100 valence electrons. The zero-order chi connectivity index (χ0) is 13.4. The predicted octanol–water partition coefficient (Wildman–Crippen LogP) is 3.17. The van der Waals surface area contributed by atoms with Crippen LogP contribution in [0, 0.1) is 5.82 Å². The van der Waals surface area contributed by atoms with Crippen LogP contribution >= 0.6 is 11.8 Å². The summed E-state index contributed by atoms with van der Waals surface area (Å²) in [6.45, 7) is 0.716. The van der Waals surface area contributed by atoms with Crippen LogP contribution in [0.3, 0.4) is 0 Å². The summed E-state index contributed by atoms with van der Waals surface area (Å²) >= 11 is 1.80. The maximum atomic E-state index is 13.1. The average molecular weight is 271 g/mol. The van der Waals surface area contributed by atoms with E-state index in [0.29, 0.717) is 17.8 Å². The van der Waals surface area contributed by atoms with Crippen LogP contribution in [-0.4, -0.2) is 31.6 Å². The fraction of sp³-hybridized carbons (Fsp3) is 0.462. The lowest BCUT2D eigenvalue weighted by atomic mass is 10.1. The standard InChI is InChI=1S/C13H18FNO2S/c1-17-13(16)11-6-5-10(14)9-12(11)15-7-3-4-8-18-2/h5-6,9,15H,3-4,7-8H2,1-2H3. The van der Waals surface area contributed by atoms with Gasteiger partial charge in [-0.05, 0) is 43.0 Å². The first-order valence-corrected chi connectivity index (χ1v) is 7.19. The molecule has 0 atom stereocenters. The predicted molar refractivity (Wildman–Crippen MR) is 73.8 cm³/mol. The summed E-state index contributed by atoms with van der Waals surface area (Å²) in [7, 11) is 1.31. The number of rotatable bonds is 7. The van der Waals surface area contributed by atoms with Crippen molar-refractivity contribution in [2.75, 3.05) is 31.0 Å². The number of hydrogen-bond donors (Lipinski definition) is 1. The van der Waals surface area contributed by atoms with Crippen molar-refractivity contribution in [2.24, 2.45) is 0 Å². The van der Waals surface area contributed by atoms with E-state index < -0.39 is 5.97 Å². The Labute approximate surface area is 111 Å². The number of thioether (sulfide) groups is 1. The van der Waals surface area contributed by atoms with Crippen LogP contribution < -0.4 is 5.32 Å². The Hall–Kier alpha value is -1.23. The van der Waals surface area contributed by atoms with Crippen LogP contribution in [0.2, 0.25) is 0 Å². The molecule has 0 heterocycles. The van der Waals surface area contributed by atoms with Gasteiger partial charge >= 0.3 is 5.97 Å². The third-order valence-electron chi connectivity index (χ3n) is 2.48. The molecule has 0 aliphatic rings. The highest BCUT2D eigenvalue weighted by Crippen LogP contribution is 2.18. The minimum Gasteiger partial charge on any atom is -0.465 e. The normalized spacial score (nSPS) is 10.2. The van der Waals surface area contributed by atoms with Gasteiger partial charge in [0.15, 0.2) is 0 Å². The second-order valence-electron chi connectivity index (χ2n) is 3.81. The van der Waals surface area contributed by atoms with Crippen molar-refractivity contribution in [3.05, 3.63) is 29.6 Å². The summed E-state index contributed by atoms with van der Waals surface area (Å²) in [6, 6.07) is 4.01. The summed E-state index contributed by atoms with van der Waals surface area (Å²) in [5.74, 6) is 0.283. The van der Waals surface area contributed by atoms with Crippen LogP contribution in [-0.2, 0) is 4.74 Å². The van der Waals surface area contributed by atoms with E-state index in [9.17, 15) is 9.18 Å². The monoisotopic (exact) mass is 271 g/mol. The molecule has 0 amide bonds. The highest BCUT2D eigenvalue weighted by Gasteiger charge is 2.12. The molecule has 1 rings (SSSR count). The lowest BCUT2D eigenvalue weighted by Crippen LogP contribution is -2.10. The second-order valence-corrected chi connectivity index (χ2v) is 4.79. The van der Waals surface area contributed by atoms with Crippen molar-refractivity contribution in [3.63, 3.8) is 0 Å². The molecule has 0 aliphatic carbocycles. The van der Waals surface area contributed by atoms with Crippen LogP contribution in [0.15, 0.2) is 18.2 Å². The number of anilines is 1. The molecule has 1 N–H and O–H groups in total. The Morgan fingerprint density at radius 3 is 2.89 bits per heavy atom. The first-order chi connectivity index (χ1) is 8.69. The summed E-state index contributed by atoms with van der Waals surface area (Å²) in [6.07, 6.45) is 4.14. The van der Waals surface area contributed by atoms with Crippen LogP contribution in [0.4, 0.5) is 10.1 Å². The van der Waals surface area contributed by atoms with Crippen LogP contribution in [0.25, 0.3) is 0 Å². The molecular weight excluding hydrogens is 253 g/mol. The van der Waals surface area contributed by atoms with E-state index in [1.807, 2.05) is 0 Å². The molecule has 0 radical (unpaired) electrons. The third-order valence-corrected chi connectivity index (χ3v) is 3.17. The maximum absolute atomic E-state index is 13.1. The van der Waals surface area contributed by atoms with Crippen molar-refractivity contribution in [3.8, 4) is 0 Å². The summed E-state index contributed by atoms with van der Waals surface area (Å²) < 4.78 is 17.8. The number of methoxy groups -OCH3 is 1. The van der Waals surface area contributed by atoms with E-state index in [2.05, 4.69) is 16.3 Å². The van der Waals surface area contributed by atoms with Gasteiger partial charge in [0.1, 0.15) is 5.82 Å². The quantitative estimate of drug-likeness (QED) is 0.610. The largest absolute Gasteiger partial charge is 0.465 e. The number of nitrogens with one attached hydrogen (secondary N) is 1. The smallest absolute Gasteiger partial charge is 0.339 e. The van der Waals surface area contributed by atoms with Gasteiger partial charge in [-0.25, -0.2) is 9.18 Å². The van der Waals surface area contributed by atoms with Crippen LogP contribution in [0.5, 0.6) is 0 Å². The number of benzene rings is 1. The first kappa shape index (κ1) is 14.8. The molecule has 5 heteroatoms. The molecule has 0 saturated heterocycles. The van der Waals surface area contributed by atoms with Gasteiger partial charge in [-0.2, -0.15) is 11.8 Å². The number of unbranched alkanes of at least 4 members (excludes halogenated alkanes) is 1. The van der Waals surface area contributed by atoms with Gasteiger partial charge in [0.2, 0.25) is 0 Å². The Morgan fingerprint density at radius 2 is 2.22 bits per heavy atom. The molecule has 0 unspecified atom stereocenters. The number of carbonyl (C=O) groups is 1. The van der Waals surface area contributed by atoms with Crippen molar-refractivity contribution < 1.29 is 13.9 Å². The highest BCUT2D eigenvalue weighted by atomic mass is 32.2. The van der Waals surface area contributed by atoms with Gasteiger partial charge in [-0.3, -0.25) is 0 Å². The number of hydrogen-bond acceptors (Lipinski definition) is 4. The SMILES string of the molecule is COC(=O)c1ccc(F)cc1NCCCCSC. The molecule has 1 aromatic rings. The molecule has 0 spiro atoms. The van der Waals surface area contributed by atoms with E-state index in [1.165, 1.54) is 25.3 Å². The lowest BCUT2D eigenvalue weighted by molar-refractivity contribution is 0.0602. The zero-order valence-corrected chi connectivity index (χ0v) is 11.5. The minimum atomic E-state index is -0.457. The van der Waals surface area contributed by atoms with Gasteiger partial charge < -0.3 is 10.1 Å². The summed E-state index contributed by atoms with van der Waals surface area (Å²) in [5, 5.41) is 3.08. The molecule has 0 bridgehead atoms. The molecule has 18 heavy (non-hydrogen) atoms. The van der Waals surface area contributed by atoms with Crippen LogP contribution in [0.1, 0.15) is 23.2 Å². The topological polar surface area (TPSA) is 38.3 Å². The van der Waals surface area contributed by atoms with Gasteiger partial charge in [0.25, 0.3) is 0 Å². The van der Waals surface area contributed by atoms with Gasteiger partial charge in [0.05, 0.1) is 18.4 Å². The van der Waals surface area contributed by atoms with Crippen molar-refractivity contribution >= 4 is 23.4 Å². The zero-order valence-electron chi connectivity index (χ0n) is 10.7. The third kappa shape index (κ3) is 4.56. The number of esters is 1. The number of carbonyl (C=O) groups excluding carboxylic acids is 1. The molecule has 0 aromatic heterocycles. The van der Waals surface area contributed by atoms with Crippen molar-refractivity contribution in [1.29, 1.82) is 0 Å². The van der Waals surface area contributed by atoms with Crippen molar-refractivity contribution in [1.82, 2.24) is 0 Å². The first-order valence-electron chi connectivity index (χ1n) is 5.79. The number of halogens is 1. The molecule has 0 saturated carbocycles. The molecule has 0 fully saturated rings. The minimum absolute atomic E-state index is 0.365. The molecular formula is C13H18FNO2S. The Balaban J connectivity index is 2.62. The molecule has 0 aliphatic heterocycles. The maximum Gasteiger partial charge on any atom is 0.339 e. The van der Waals surface area contributed by atoms with E-state index in [1.54, 1.807) is 11.8 Å². The van der Waals surface area contributed by atoms with Gasteiger partial charge in [0, 0.05) is 6.54 Å². The second kappa shape index (κ2) is 7.97. The van der Waals surface area contributed by atoms with Gasteiger partial charge in [-0.15, -0.1) is 0 Å². The van der Waals surface area contributed by atoms with E-state index in [0.717, 1.165) is 18.6 Å². The van der Waals surface area contributed by atoms with Gasteiger partial charge in [-0.1, -0.05) is 0 Å². The number of ether oxygens (including phenoxy) is 1. The van der Waals surface area contributed by atoms with Crippen molar-refractivity contribution in [2.45, 2.75) is 12.8 Å². The Kier molecular flexibility index (Phi) is 6.57. The lowest BCUT2D eigenvalue weighted by Gasteiger charge is -2.10. The highest BCUT2D eigenvalue weighted by molar-refractivity contribution is 7.98. The summed E-state index contributed by atoms with van der Waals surface area (Å²) in [5.41, 5.74) is 0.856. The van der Waals surface area contributed by atoms with E-state index >= 15 is 0 Å². The Bertz CT molecular complexity index is 399.